The molecule has 5 heteroatoms. The molecule has 1 aliphatic rings. The van der Waals surface area contributed by atoms with Crippen molar-refractivity contribution in [3.63, 3.8) is 0 Å². The highest BCUT2D eigenvalue weighted by molar-refractivity contribution is 8.01. The van der Waals surface area contributed by atoms with E-state index in [1.807, 2.05) is 31.7 Å². The molecular formula is C21H36N2O2S. The molecule has 1 unspecified atom stereocenters. The number of hydrogen-bond donors (Lipinski definition) is 1. The molecule has 4 nitrogen and oxygen atoms in total. The number of allylic oxidation sites excluding steroid dienone is 3. The zero-order chi connectivity index (χ0) is 20.0. The SMILES string of the molecule is C=C/C(=C\C(=C)CCCCC1CN(C(=O)OC(C)(C)C)C(C)(C)C1)SN. The Hall–Kier alpha value is -1.20. The third kappa shape index (κ3) is 7.58. The molecule has 1 atom stereocenters. The predicted octanol–water partition coefficient (Wildman–Crippen LogP) is 5.82. The van der Waals surface area contributed by atoms with E-state index in [0.717, 1.165) is 49.1 Å². The van der Waals surface area contributed by atoms with Crippen LogP contribution in [-0.2, 0) is 4.74 Å². The van der Waals surface area contributed by atoms with Crippen molar-refractivity contribution in [1.29, 1.82) is 0 Å². The van der Waals surface area contributed by atoms with Crippen molar-refractivity contribution in [1.82, 2.24) is 4.90 Å². The van der Waals surface area contributed by atoms with Gasteiger partial charge in [0.05, 0.1) is 0 Å². The Morgan fingerprint density at radius 1 is 1.38 bits per heavy atom. The number of hydrogen-bond acceptors (Lipinski definition) is 4. The standard InChI is InChI=1S/C21H36N2O2S/c1-8-18(26-22)13-16(2)11-9-10-12-17-14-21(6,7)23(15-17)19(24)25-20(3,4)5/h8,13,17H,1-2,9-12,14-15,22H2,3-7H3/b18-13+. The molecule has 1 heterocycles. The fraction of sp³-hybridized carbons (Fsp3) is 0.667. The summed E-state index contributed by atoms with van der Waals surface area (Å²) in [6.07, 6.45) is 8.90. The summed E-state index contributed by atoms with van der Waals surface area (Å²) in [5, 5.41) is 5.56. The van der Waals surface area contributed by atoms with E-state index in [-0.39, 0.29) is 11.6 Å². The molecule has 26 heavy (non-hydrogen) atoms. The minimum Gasteiger partial charge on any atom is -0.444 e. The van der Waals surface area contributed by atoms with Gasteiger partial charge in [-0.05, 0) is 84.2 Å². The summed E-state index contributed by atoms with van der Waals surface area (Å²) in [7, 11) is 0. The Kier molecular flexibility index (Phi) is 8.48. The second-order valence-electron chi connectivity index (χ2n) is 8.75. The van der Waals surface area contributed by atoms with Crippen LogP contribution in [0.4, 0.5) is 4.79 Å². The summed E-state index contributed by atoms with van der Waals surface area (Å²) in [6, 6.07) is 0. The molecule has 1 rings (SSSR count). The van der Waals surface area contributed by atoms with E-state index in [1.165, 1.54) is 11.9 Å². The summed E-state index contributed by atoms with van der Waals surface area (Å²) in [5.41, 5.74) is 0.488. The Morgan fingerprint density at radius 2 is 2.04 bits per heavy atom. The van der Waals surface area contributed by atoms with E-state index >= 15 is 0 Å². The van der Waals surface area contributed by atoms with Crippen LogP contribution in [0.15, 0.2) is 35.8 Å². The van der Waals surface area contributed by atoms with Crippen molar-refractivity contribution in [2.45, 2.75) is 77.9 Å². The maximum Gasteiger partial charge on any atom is 0.410 e. The predicted molar refractivity (Wildman–Crippen MR) is 113 cm³/mol. The van der Waals surface area contributed by atoms with Gasteiger partial charge in [-0.2, -0.15) is 0 Å². The smallest absolute Gasteiger partial charge is 0.410 e. The van der Waals surface area contributed by atoms with Gasteiger partial charge in [0.2, 0.25) is 0 Å². The van der Waals surface area contributed by atoms with Crippen molar-refractivity contribution in [3.8, 4) is 0 Å². The molecular weight excluding hydrogens is 344 g/mol. The minimum absolute atomic E-state index is 0.142. The van der Waals surface area contributed by atoms with Gasteiger partial charge in [0.1, 0.15) is 5.60 Å². The number of ether oxygens (including phenoxy) is 1. The lowest BCUT2D eigenvalue weighted by Gasteiger charge is -2.33. The summed E-state index contributed by atoms with van der Waals surface area (Å²) in [4.78, 5) is 15.3. The molecule has 1 saturated heterocycles. The molecule has 0 spiro atoms. The van der Waals surface area contributed by atoms with Crippen molar-refractivity contribution in [3.05, 3.63) is 35.8 Å². The van der Waals surface area contributed by atoms with Crippen LogP contribution in [0.2, 0.25) is 0 Å². The third-order valence-electron chi connectivity index (χ3n) is 4.62. The minimum atomic E-state index is -0.453. The topological polar surface area (TPSA) is 55.6 Å². The van der Waals surface area contributed by atoms with Gasteiger partial charge < -0.3 is 9.64 Å². The Labute approximate surface area is 164 Å². The van der Waals surface area contributed by atoms with Gasteiger partial charge in [0.15, 0.2) is 0 Å². The van der Waals surface area contributed by atoms with Gasteiger partial charge in [-0.25, -0.2) is 4.79 Å². The van der Waals surface area contributed by atoms with Gasteiger partial charge in [0.25, 0.3) is 0 Å². The first kappa shape index (κ1) is 22.8. The Bertz CT molecular complexity index is 547. The van der Waals surface area contributed by atoms with Crippen LogP contribution in [0.25, 0.3) is 0 Å². The molecule has 0 aromatic rings. The summed E-state index contributed by atoms with van der Waals surface area (Å²) < 4.78 is 5.57. The van der Waals surface area contributed by atoms with Crippen LogP contribution >= 0.6 is 11.9 Å². The second-order valence-corrected chi connectivity index (χ2v) is 9.45. The average Bonchev–Trinajstić information content (AvgIpc) is 2.82. The van der Waals surface area contributed by atoms with Crippen LogP contribution in [0, 0.1) is 5.92 Å². The van der Waals surface area contributed by atoms with Crippen molar-refractivity contribution in [2.24, 2.45) is 11.1 Å². The largest absolute Gasteiger partial charge is 0.444 e. The Morgan fingerprint density at radius 3 is 2.58 bits per heavy atom. The normalized spacial score (nSPS) is 20.2. The highest BCUT2D eigenvalue weighted by atomic mass is 32.2. The van der Waals surface area contributed by atoms with Gasteiger partial charge >= 0.3 is 6.09 Å². The molecule has 0 radical (unpaired) electrons. The van der Waals surface area contributed by atoms with Crippen LogP contribution in [0.3, 0.4) is 0 Å². The lowest BCUT2D eigenvalue weighted by atomic mass is 9.92. The first-order valence-corrected chi connectivity index (χ1v) is 10.3. The number of likely N-dealkylation sites (tertiary alicyclic amines) is 1. The fourth-order valence-electron chi connectivity index (χ4n) is 3.42. The number of amides is 1. The number of nitrogens with zero attached hydrogens (tertiary/aromatic N) is 1. The van der Waals surface area contributed by atoms with Crippen LogP contribution < -0.4 is 5.14 Å². The number of unbranched alkanes of at least 4 members (excludes halogenated alkanes) is 1. The lowest BCUT2D eigenvalue weighted by molar-refractivity contribution is 0.0131. The van der Waals surface area contributed by atoms with E-state index in [2.05, 4.69) is 27.0 Å². The molecule has 0 bridgehead atoms. The summed E-state index contributed by atoms with van der Waals surface area (Å²) >= 11 is 1.20. The molecule has 1 fully saturated rings. The summed E-state index contributed by atoms with van der Waals surface area (Å²) in [6.45, 7) is 18.6. The fourth-order valence-corrected chi connectivity index (χ4v) is 3.75. The zero-order valence-electron chi connectivity index (χ0n) is 17.1. The monoisotopic (exact) mass is 380 g/mol. The highest BCUT2D eigenvalue weighted by Crippen LogP contribution is 2.36. The van der Waals surface area contributed by atoms with Crippen molar-refractivity contribution < 1.29 is 9.53 Å². The molecule has 1 amide bonds. The average molecular weight is 381 g/mol. The van der Waals surface area contributed by atoms with E-state index < -0.39 is 5.60 Å². The molecule has 0 aromatic heterocycles. The zero-order valence-corrected chi connectivity index (χ0v) is 18.0. The molecule has 0 aromatic carbocycles. The third-order valence-corrected chi connectivity index (χ3v) is 5.17. The number of carbonyl (C=O) groups is 1. The second kappa shape index (κ2) is 9.65. The van der Waals surface area contributed by atoms with Crippen molar-refractivity contribution >= 4 is 18.0 Å². The number of nitrogens with two attached hydrogens (primary N) is 1. The van der Waals surface area contributed by atoms with E-state index in [9.17, 15) is 4.79 Å². The maximum absolute atomic E-state index is 12.5. The number of carbonyl (C=O) groups excluding carboxylic acids is 1. The quantitative estimate of drug-likeness (QED) is 0.328. The lowest BCUT2D eigenvalue weighted by Crippen LogP contribution is -2.45. The van der Waals surface area contributed by atoms with Crippen LogP contribution in [0.1, 0.15) is 66.7 Å². The van der Waals surface area contributed by atoms with E-state index in [0.29, 0.717) is 5.92 Å². The molecule has 148 valence electrons. The van der Waals surface area contributed by atoms with E-state index in [4.69, 9.17) is 9.88 Å². The molecule has 0 saturated carbocycles. The first-order chi connectivity index (χ1) is 12.0. The van der Waals surface area contributed by atoms with Gasteiger partial charge in [-0.1, -0.05) is 31.2 Å². The summed E-state index contributed by atoms with van der Waals surface area (Å²) in [5.74, 6) is 0.532. The van der Waals surface area contributed by atoms with Crippen LogP contribution in [-0.4, -0.2) is 28.7 Å². The van der Waals surface area contributed by atoms with Crippen molar-refractivity contribution in [2.75, 3.05) is 6.54 Å². The Balaban J connectivity index is 2.44. The highest BCUT2D eigenvalue weighted by Gasteiger charge is 2.42. The van der Waals surface area contributed by atoms with Gasteiger partial charge in [0, 0.05) is 17.0 Å². The van der Waals surface area contributed by atoms with Crippen LogP contribution in [0.5, 0.6) is 0 Å². The number of rotatable bonds is 8. The van der Waals surface area contributed by atoms with E-state index in [1.54, 1.807) is 6.08 Å². The molecule has 1 aliphatic heterocycles. The molecule has 0 aliphatic carbocycles. The van der Waals surface area contributed by atoms with Gasteiger partial charge in [-0.15, -0.1) is 0 Å². The van der Waals surface area contributed by atoms with Gasteiger partial charge in [-0.3, -0.25) is 5.14 Å². The first-order valence-electron chi connectivity index (χ1n) is 9.38. The molecule has 2 N–H and O–H groups in total. The maximum atomic E-state index is 12.5.